The third kappa shape index (κ3) is 5.16. The summed E-state index contributed by atoms with van der Waals surface area (Å²) < 4.78 is 2.12. The minimum atomic E-state index is -0.670. The molecule has 8 rings (SSSR count). The van der Waals surface area contributed by atoms with E-state index in [-0.39, 0.29) is 0 Å². The standard InChI is InChI=1S/C40H35N7/c41-35-17-10-18-36(26-35)45-21-23-46(24-22-45)39-37-25-30(19-20-38(37)42-29-43-39)31-27-44-47(28-31)40(32-11-4-1-5-12-32,33-13-6-2-7-14-33)34-15-8-3-9-16-34/h1-20,25-29H,21-24,41H2. The molecular weight excluding hydrogens is 578 g/mol. The molecule has 2 aromatic heterocycles. The minimum absolute atomic E-state index is 0.670. The Balaban J connectivity index is 1.18. The molecule has 1 aliphatic heterocycles. The molecule has 7 nitrogen and oxygen atoms in total. The highest BCUT2D eigenvalue weighted by Gasteiger charge is 2.39. The number of nitrogen functional groups attached to an aromatic ring is 1. The van der Waals surface area contributed by atoms with Crippen molar-refractivity contribution in [2.75, 3.05) is 41.7 Å². The van der Waals surface area contributed by atoms with E-state index < -0.39 is 5.54 Å². The summed E-state index contributed by atoms with van der Waals surface area (Å²) in [7, 11) is 0. The SMILES string of the molecule is Nc1cccc(N2CCN(c3ncnc4ccc(-c5cnn(C(c6ccccc6)(c6ccccc6)c6ccccc6)c5)cc34)CC2)c1. The van der Waals surface area contributed by atoms with Crippen LogP contribution in [0.3, 0.4) is 0 Å². The fraction of sp³-hybridized carbons (Fsp3) is 0.125. The molecule has 3 heterocycles. The van der Waals surface area contributed by atoms with E-state index in [1.165, 1.54) is 0 Å². The van der Waals surface area contributed by atoms with Gasteiger partial charge in [0, 0.05) is 54.7 Å². The van der Waals surface area contributed by atoms with E-state index in [0.29, 0.717) is 0 Å². The highest BCUT2D eigenvalue weighted by molar-refractivity contribution is 5.93. The Kier molecular flexibility index (Phi) is 7.34. The van der Waals surface area contributed by atoms with Crippen LogP contribution >= 0.6 is 0 Å². The molecule has 0 bridgehead atoms. The zero-order valence-electron chi connectivity index (χ0n) is 26.0. The molecule has 1 fully saturated rings. The van der Waals surface area contributed by atoms with Crippen LogP contribution in [0.1, 0.15) is 16.7 Å². The van der Waals surface area contributed by atoms with Crippen molar-refractivity contribution in [3.05, 3.63) is 169 Å². The van der Waals surface area contributed by atoms with E-state index >= 15 is 0 Å². The fourth-order valence-corrected chi connectivity index (χ4v) is 6.96. The fourth-order valence-electron chi connectivity index (χ4n) is 6.96. The van der Waals surface area contributed by atoms with Gasteiger partial charge in [0.25, 0.3) is 0 Å². The molecule has 2 N–H and O–H groups in total. The number of hydrogen-bond donors (Lipinski definition) is 1. The van der Waals surface area contributed by atoms with Crippen LogP contribution in [-0.4, -0.2) is 45.9 Å². The summed E-state index contributed by atoms with van der Waals surface area (Å²) in [5.41, 5.74) is 13.8. The second kappa shape index (κ2) is 12.1. The van der Waals surface area contributed by atoms with E-state index in [2.05, 4.69) is 141 Å². The predicted octanol–water partition coefficient (Wildman–Crippen LogP) is 7.24. The van der Waals surface area contributed by atoms with Gasteiger partial charge in [-0.2, -0.15) is 5.10 Å². The summed E-state index contributed by atoms with van der Waals surface area (Å²) in [5.74, 6) is 0.962. The number of rotatable bonds is 7. The van der Waals surface area contributed by atoms with E-state index in [0.717, 1.165) is 82.1 Å². The Morgan fingerprint density at radius 3 is 1.81 bits per heavy atom. The van der Waals surface area contributed by atoms with Gasteiger partial charge in [-0.15, -0.1) is 0 Å². The number of piperazine rings is 1. The summed E-state index contributed by atoms with van der Waals surface area (Å²) >= 11 is 0. The van der Waals surface area contributed by atoms with Crippen molar-refractivity contribution in [1.29, 1.82) is 0 Å². The topological polar surface area (TPSA) is 76.1 Å². The summed E-state index contributed by atoms with van der Waals surface area (Å²) in [4.78, 5) is 14.2. The van der Waals surface area contributed by atoms with Crippen molar-refractivity contribution in [3.63, 3.8) is 0 Å². The molecule has 7 aromatic rings. The first-order valence-electron chi connectivity index (χ1n) is 16.0. The van der Waals surface area contributed by atoms with Crippen LogP contribution in [0.25, 0.3) is 22.0 Å². The number of hydrogen-bond acceptors (Lipinski definition) is 6. The third-order valence-corrected chi connectivity index (χ3v) is 9.26. The lowest BCUT2D eigenvalue weighted by molar-refractivity contribution is 0.460. The summed E-state index contributed by atoms with van der Waals surface area (Å²) in [5, 5.41) is 6.13. The molecule has 1 aliphatic rings. The molecule has 47 heavy (non-hydrogen) atoms. The van der Waals surface area contributed by atoms with Gasteiger partial charge in [0.2, 0.25) is 0 Å². The van der Waals surface area contributed by atoms with Crippen LogP contribution in [0.15, 0.2) is 152 Å². The third-order valence-electron chi connectivity index (χ3n) is 9.26. The van der Waals surface area contributed by atoms with Gasteiger partial charge in [0.05, 0.1) is 11.7 Å². The van der Waals surface area contributed by atoms with E-state index in [1.807, 2.05) is 24.4 Å². The number of aromatic nitrogens is 4. The lowest BCUT2D eigenvalue weighted by Crippen LogP contribution is -2.46. The van der Waals surface area contributed by atoms with Crippen LogP contribution in [0.4, 0.5) is 17.2 Å². The molecule has 0 radical (unpaired) electrons. The number of anilines is 3. The van der Waals surface area contributed by atoms with Crippen molar-refractivity contribution >= 4 is 28.1 Å². The molecule has 0 aliphatic carbocycles. The zero-order chi connectivity index (χ0) is 31.6. The van der Waals surface area contributed by atoms with Crippen LogP contribution < -0.4 is 15.5 Å². The highest BCUT2D eigenvalue weighted by atomic mass is 15.3. The first-order chi connectivity index (χ1) is 23.2. The van der Waals surface area contributed by atoms with Gasteiger partial charge in [0.15, 0.2) is 0 Å². The monoisotopic (exact) mass is 613 g/mol. The van der Waals surface area contributed by atoms with Gasteiger partial charge >= 0.3 is 0 Å². The number of nitrogens with zero attached hydrogens (tertiary/aromatic N) is 6. The maximum absolute atomic E-state index is 6.06. The maximum atomic E-state index is 6.06. The molecule has 1 saturated heterocycles. The van der Waals surface area contributed by atoms with Crippen LogP contribution in [-0.2, 0) is 5.54 Å². The van der Waals surface area contributed by atoms with Crippen molar-refractivity contribution in [2.24, 2.45) is 0 Å². The molecule has 5 aromatic carbocycles. The Morgan fingerprint density at radius 1 is 0.574 bits per heavy atom. The smallest absolute Gasteiger partial charge is 0.140 e. The largest absolute Gasteiger partial charge is 0.399 e. The molecular formula is C40H35N7. The Morgan fingerprint density at radius 2 is 1.19 bits per heavy atom. The minimum Gasteiger partial charge on any atom is -0.399 e. The quantitative estimate of drug-likeness (QED) is 0.151. The lowest BCUT2D eigenvalue weighted by atomic mass is 9.77. The van der Waals surface area contributed by atoms with Gasteiger partial charge in [-0.25, -0.2) is 9.97 Å². The average molecular weight is 614 g/mol. The molecule has 0 spiro atoms. The normalized spacial score (nSPS) is 13.6. The number of fused-ring (bicyclic) bond motifs is 1. The lowest BCUT2D eigenvalue weighted by Gasteiger charge is -2.37. The first-order valence-corrected chi connectivity index (χ1v) is 16.0. The predicted molar refractivity (Wildman–Crippen MR) is 191 cm³/mol. The maximum Gasteiger partial charge on any atom is 0.140 e. The highest BCUT2D eigenvalue weighted by Crippen LogP contribution is 2.41. The van der Waals surface area contributed by atoms with Crippen LogP contribution in [0.5, 0.6) is 0 Å². The molecule has 0 unspecified atom stereocenters. The van der Waals surface area contributed by atoms with E-state index in [9.17, 15) is 0 Å². The molecule has 7 heteroatoms. The molecule has 0 saturated carbocycles. The first kappa shape index (κ1) is 28.5. The Hall–Kier alpha value is -5.95. The van der Waals surface area contributed by atoms with Crippen molar-refractivity contribution in [3.8, 4) is 11.1 Å². The van der Waals surface area contributed by atoms with E-state index in [4.69, 9.17) is 15.8 Å². The van der Waals surface area contributed by atoms with Crippen LogP contribution in [0, 0.1) is 0 Å². The Bertz CT molecular complexity index is 2020. The van der Waals surface area contributed by atoms with Crippen molar-refractivity contribution < 1.29 is 0 Å². The zero-order valence-corrected chi connectivity index (χ0v) is 26.0. The molecule has 0 atom stereocenters. The van der Waals surface area contributed by atoms with Gasteiger partial charge in [-0.1, -0.05) is 103 Å². The molecule has 230 valence electrons. The summed E-state index contributed by atoms with van der Waals surface area (Å²) in [6.07, 6.45) is 5.81. The van der Waals surface area contributed by atoms with Crippen molar-refractivity contribution in [1.82, 2.24) is 19.7 Å². The number of benzene rings is 5. The van der Waals surface area contributed by atoms with E-state index in [1.54, 1.807) is 6.33 Å². The van der Waals surface area contributed by atoms with Crippen LogP contribution in [0.2, 0.25) is 0 Å². The molecule has 0 amide bonds. The van der Waals surface area contributed by atoms with Gasteiger partial charge in [-0.3, -0.25) is 4.68 Å². The Labute approximate surface area is 274 Å². The van der Waals surface area contributed by atoms with Gasteiger partial charge in [0.1, 0.15) is 17.7 Å². The number of nitrogens with two attached hydrogens (primary N) is 1. The van der Waals surface area contributed by atoms with Gasteiger partial charge in [-0.05, 0) is 52.6 Å². The van der Waals surface area contributed by atoms with Crippen molar-refractivity contribution in [2.45, 2.75) is 5.54 Å². The second-order valence-corrected chi connectivity index (χ2v) is 12.0. The average Bonchev–Trinajstić information content (AvgIpc) is 3.64. The second-order valence-electron chi connectivity index (χ2n) is 12.0. The summed E-state index contributed by atoms with van der Waals surface area (Å²) in [6, 6.07) is 46.5. The van der Waals surface area contributed by atoms with Gasteiger partial charge < -0.3 is 15.5 Å². The summed E-state index contributed by atoms with van der Waals surface area (Å²) in [6.45, 7) is 3.50.